The zero-order valence-corrected chi connectivity index (χ0v) is 13.5. The number of urea groups is 1. The summed E-state index contributed by atoms with van der Waals surface area (Å²) in [7, 11) is 0. The minimum absolute atomic E-state index is 0.0661. The van der Waals surface area contributed by atoms with Crippen LogP contribution in [0, 0.1) is 5.82 Å². The smallest absolute Gasteiger partial charge is 0.317 e. The second kappa shape index (κ2) is 10.1. The molecule has 1 saturated heterocycles. The lowest BCUT2D eigenvalue weighted by Crippen LogP contribution is -2.47. The van der Waals surface area contributed by atoms with E-state index in [4.69, 9.17) is 9.47 Å². The first-order valence-electron chi connectivity index (χ1n) is 8.03. The molecule has 1 heterocycles. The third-order valence-corrected chi connectivity index (χ3v) is 3.49. The summed E-state index contributed by atoms with van der Waals surface area (Å²) in [5.41, 5.74) is 0. The van der Waals surface area contributed by atoms with E-state index >= 15 is 0 Å². The molecule has 0 aliphatic carbocycles. The second-order valence-corrected chi connectivity index (χ2v) is 5.46. The van der Waals surface area contributed by atoms with Crippen molar-refractivity contribution >= 4 is 6.03 Å². The van der Waals surface area contributed by atoms with Crippen LogP contribution in [-0.4, -0.2) is 74.7 Å². The summed E-state index contributed by atoms with van der Waals surface area (Å²) in [5, 5.41) is 15.6. The number of morpholine rings is 1. The molecule has 1 aromatic rings. The van der Waals surface area contributed by atoms with Gasteiger partial charge in [0.15, 0.2) is 0 Å². The van der Waals surface area contributed by atoms with Crippen molar-refractivity contribution in [2.24, 2.45) is 0 Å². The quantitative estimate of drug-likeness (QED) is 0.588. The number of hydrogen-bond acceptors (Lipinski definition) is 5. The lowest BCUT2D eigenvalue weighted by Gasteiger charge is -2.27. The van der Waals surface area contributed by atoms with Crippen LogP contribution < -0.4 is 15.4 Å². The Kier molecular flexibility index (Phi) is 7.73. The number of carbonyl (C=O) groups is 1. The fourth-order valence-corrected chi connectivity index (χ4v) is 2.21. The molecule has 0 unspecified atom stereocenters. The van der Waals surface area contributed by atoms with Crippen LogP contribution in [0.3, 0.4) is 0 Å². The van der Waals surface area contributed by atoms with Crippen molar-refractivity contribution in [2.45, 2.75) is 6.10 Å². The zero-order valence-electron chi connectivity index (χ0n) is 13.5. The van der Waals surface area contributed by atoms with E-state index in [0.29, 0.717) is 51.7 Å². The van der Waals surface area contributed by atoms with Crippen molar-refractivity contribution in [1.82, 2.24) is 15.5 Å². The number of amides is 2. The summed E-state index contributed by atoms with van der Waals surface area (Å²) in [5.74, 6) is 0.00273. The molecule has 0 bridgehead atoms. The van der Waals surface area contributed by atoms with E-state index in [1.54, 1.807) is 17.0 Å². The van der Waals surface area contributed by atoms with Crippen molar-refractivity contribution < 1.29 is 23.8 Å². The molecule has 24 heavy (non-hydrogen) atoms. The van der Waals surface area contributed by atoms with Crippen LogP contribution in [0.15, 0.2) is 24.3 Å². The Morgan fingerprint density at radius 3 is 2.92 bits per heavy atom. The minimum Gasteiger partial charge on any atom is -0.491 e. The third-order valence-electron chi connectivity index (χ3n) is 3.49. The molecule has 1 aliphatic rings. The minimum atomic E-state index is -0.719. The normalized spacial score (nSPS) is 15.8. The highest BCUT2D eigenvalue weighted by atomic mass is 19.1. The maximum absolute atomic E-state index is 13.0. The molecule has 1 fully saturated rings. The van der Waals surface area contributed by atoms with Crippen molar-refractivity contribution in [3.8, 4) is 5.75 Å². The highest BCUT2D eigenvalue weighted by molar-refractivity contribution is 5.74. The molecular formula is C16H24FN3O4. The Hall–Kier alpha value is -1.90. The molecule has 1 atom stereocenters. The molecule has 7 nitrogen and oxygen atoms in total. The van der Waals surface area contributed by atoms with Gasteiger partial charge in [-0.1, -0.05) is 6.07 Å². The summed E-state index contributed by atoms with van der Waals surface area (Å²) in [6.45, 7) is 3.75. The molecular weight excluding hydrogens is 317 g/mol. The van der Waals surface area contributed by atoms with Gasteiger partial charge in [-0.25, -0.2) is 9.18 Å². The molecule has 0 saturated carbocycles. The molecule has 0 radical (unpaired) electrons. The number of aliphatic hydroxyl groups is 1. The van der Waals surface area contributed by atoms with Gasteiger partial charge in [0.2, 0.25) is 0 Å². The van der Waals surface area contributed by atoms with Crippen LogP contribution in [0.1, 0.15) is 0 Å². The summed E-state index contributed by atoms with van der Waals surface area (Å²) in [6, 6.07) is 5.67. The van der Waals surface area contributed by atoms with Gasteiger partial charge >= 0.3 is 6.03 Å². The first-order valence-corrected chi connectivity index (χ1v) is 8.03. The van der Waals surface area contributed by atoms with Gasteiger partial charge in [-0.2, -0.15) is 0 Å². The first-order chi connectivity index (χ1) is 11.6. The van der Waals surface area contributed by atoms with E-state index in [-0.39, 0.29) is 18.5 Å². The summed E-state index contributed by atoms with van der Waals surface area (Å²) < 4.78 is 23.5. The average Bonchev–Trinajstić information content (AvgIpc) is 2.60. The van der Waals surface area contributed by atoms with Gasteiger partial charge in [-0.05, 0) is 12.1 Å². The first kappa shape index (κ1) is 18.4. The highest BCUT2D eigenvalue weighted by Gasteiger charge is 2.15. The molecule has 2 rings (SSSR count). The summed E-state index contributed by atoms with van der Waals surface area (Å²) in [4.78, 5) is 13.5. The van der Waals surface area contributed by atoms with Crippen LogP contribution in [0.4, 0.5) is 9.18 Å². The number of rotatable bonds is 8. The number of aliphatic hydroxyl groups excluding tert-OH is 1. The highest BCUT2D eigenvalue weighted by Crippen LogP contribution is 2.11. The number of nitrogens with zero attached hydrogens (tertiary/aromatic N) is 1. The van der Waals surface area contributed by atoms with Crippen LogP contribution in [0.25, 0.3) is 0 Å². The van der Waals surface area contributed by atoms with E-state index in [1.165, 1.54) is 12.1 Å². The maximum atomic E-state index is 13.0. The van der Waals surface area contributed by atoms with Gasteiger partial charge in [0.25, 0.3) is 0 Å². The van der Waals surface area contributed by atoms with E-state index in [1.807, 2.05) is 0 Å². The van der Waals surface area contributed by atoms with Gasteiger partial charge in [0.05, 0.1) is 13.2 Å². The number of carbonyl (C=O) groups excluding carboxylic acids is 1. The molecule has 1 aromatic carbocycles. The fraction of sp³-hybridized carbons (Fsp3) is 0.562. The van der Waals surface area contributed by atoms with E-state index in [2.05, 4.69) is 10.6 Å². The van der Waals surface area contributed by atoms with Gasteiger partial charge < -0.3 is 30.1 Å². The number of ether oxygens (including phenoxy) is 2. The molecule has 2 amide bonds. The number of benzene rings is 1. The lowest BCUT2D eigenvalue weighted by atomic mass is 10.3. The predicted molar refractivity (Wildman–Crippen MR) is 86.6 cm³/mol. The van der Waals surface area contributed by atoms with Gasteiger partial charge in [-0.3, -0.25) is 0 Å². The number of nitrogens with one attached hydrogen (secondary N) is 2. The van der Waals surface area contributed by atoms with Crippen LogP contribution in [0.2, 0.25) is 0 Å². The fourth-order valence-electron chi connectivity index (χ4n) is 2.21. The summed E-state index contributed by atoms with van der Waals surface area (Å²) >= 11 is 0. The van der Waals surface area contributed by atoms with Gasteiger partial charge in [0.1, 0.15) is 24.3 Å². The lowest BCUT2D eigenvalue weighted by molar-refractivity contribution is 0.0532. The summed E-state index contributed by atoms with van der Waals surface area (Å²) in [6.07, 6.45) is -0.719. The molecule has 134 valence electrons. The number of halogens is 1. The van der Waals surface area contributed by atoms with Crippen LogP contribution >= 0.6 is 0 Å². The van der Waals surface area contributed by atoms with Crippen LogP contribution in [-0.2, 0) is 4.74 Å². The average molecular weight is 341 g/mol. The molecule has 8 heteroatoms. The Morgan fingerprint density at radius 1 is 1.38 bits per heavy atom. The predicted octanol–water partition coefficient (Wildman–Crippen LogP) is 0.197. The van der Waals surface area contributed by atoms with Crippen molar-refractivity contribution in [3.63, 3.8) is 0 Å². The van der Waals surface area contributed by atoms with Crippen molar-refractivity contribution in [2.75, 3.05) is 52.5 Å². The second-order valence-electron chi connectivity index (χ2n) is 5.46. The SMILES string of the molecule is O=C(NCCNC[C@H](O)COc1cccc(F)c1)N1CCOCC1. The molecule has 1 aliphatic heterocycles. The molecule has 0 aromatic heterocycles. The topological polar surface area (TPSA) is 83.1 Å². The standard InChI is InChI=1S/C16H24FN3O4/c17-13-2-1-3-15(10-13)24-12-14(21)11-18-4-5-19-16(22)20-6-8-23-9-7-20/h1-3,10,14,18,21H,4-9,11-12H2,(H,19,22)/t14-/m0/s1. The van der Waals surface area contributed by atoms with Crippen LogP contribution in [0.5, 0.6) is 5.75 Å². The largest absolute Gasteiger partial charge is 0.491 e. The van der Waals surface area contributed by atoms with Crippen molar-refractivity contribution in [1.29, 1.82) is 0 Å². The monoisotopic (exact) mass is 341 g/mol. The van der Waals surface area contributed by atoms with E-state index in [0.717, 1.165) is 0 Å². The van der Waals surface area contributed by atoms with Crippen molar-refractivity contribution in [3.05, 3.63) is 30.1 Å². The molecule has 0 spiro atoms. The molecule has 3 N–H and O–H groups in total. The Labute approximate surface area is 140 Å². The number of hydrogen-bond donors (Lipinski definition) is 3. The maximum Gasteiger partial charge on any atom is 0.317 e. The Balaban J connectivity index is 1.51. The van der Waals surface area contributed by atoms with Gasteiger partial charge in [0, 0.05) is 38.8 Å². The third kappa shape index (κ3) is 6.69. The Bertz CT molecular complexity index is 512. The van der Waals surface area contributed by atoms with E-state index in [9.17, 15) is 14.3 Å². The Morgan fingerprint density at radius 2 is 2.17 bits per heavy atom. The van der Waals surface area contributed by atoms with Gasteiger partial charge in [-0.15, -0.1) is 0 Å². The van der Waals surface area contributed by atoms with E-state index < -0.39 is 6.10 Å². The zero-order chi connectivity index (χ0) is 17.2.